The molecule has 0 amide bonds. The summed E-state index contributed by atoms with van der Waals surface area (Å²) in [7, 11) is 0. The van der Waals surface area contributed by atoms with E-state index in [2.05, 4.69) is 4.90 Å². The van der Waals surface area contributed by atoms with Gasteiger partial charge in [-0.2, -0.15) is 0 Å². The highest BCUT2D eigenvalue weighted by Crippen LogP contribution is 2.24. The van der Waals surface area contributed by atoms with Crippen molar-refractivity contribution < 1.29 is 9.18 Å². The van der Waals surface area contributed by atoms with Crippen molar-refractivity contribution in [3.05, 3.63) is 71.5 Å². The van der Waals surface area contributed by atoms with Crippen LogP contribution in [0.4, 0.5) is 4.39 Å². The molecule has 0 N–H and O–H groups in total. The number of benzene rings is 2. The predicted molar refractivity (Wildman–Crippen MR) is 85.6 cm³/mol. The Kier molecular flexibility index (Phi) is 4.64. The first-order valence-electron chi connectivity index (χ1n) is 7.81. The second kappa shape index (κ2) is 6.84. The van der Waals surface area contributed by atoms with E-state index in [0.717, 1.165) is 18.7 Å². The van der Waals surface area contributed by atoms with Crippen LogP contribution >= 0.6 is 0 Å². The standard InChI is InChI=1S/C19H20FNO/c20-17-10-6-9-16(13-17)18(14-21-11-4-5-12-21)19(22)15-7-2-1-3-8-15/h1-3,6-10,13,18H,4-5,11-12,14H2/t18-/m1/s1. The van der Waals surface area contributed by atoms with Crippen LogP contribution in [0.5, 0.6) is 0 Å². The van der Waals surface area contributed by atoms with Gasteiger partial charge in [-0.25, -0.2) is 4.39 Å². The molecule has 0 saturated carbocycles. The van der Waals surface area contributed by atoms with Gasteiger partial charge in [-0.3, -0.25) is 4.79 Å². The van der Waals surface area contributed by atoms with E-state index in [0.29, 0.717) is 12.1 Å². The number of hydrogen-bond donors (Lipinski definition) is 0. The molecular formula is C19H20FNO. The lowest BCUT2D eigenvalue weighted by molar-refractivity contribution is 0.0939. The Morgan fingerprint density at radius 2 is 1.77 bits per heavy atom. The Balaban J connectivity index is 1.89. The molecule has 22 heavy (non-hydrogen) atoms. The van der Waals surface area contributed by atoms with E-state index >= 15 is 0 Å². The smallest absolute Gasteiger partial charge is 0.171 e. The van der Waals surface area contributed by atoms with Crippen molar-refractivity contribution in [3.8, 4) is 0 Å². The highest BCUT2D eigenvalue weighted by molar-refractivity contribution is 6.01. The summed E-state index contributed by atoms with van der Waals surface area (Å²) in [5.74, 6) is -0.529. The zero-order chi connectivity index (χ0) is 15.4. The number of halogens is 1. The lowest BCUT2D eigenvalue weighted by Gasteiger charge is -2.23. The summed E-state index contributed by atoms with van der Waals surface area (Å²) in [6, 6.07) is 15.7. The largest absolute Gasteiger partial charge is 0.302 e. The molecule has 3 heteroatoms. The number of rotatable bonds is 5. The Morgan fingerprint density at radius 1 is 1.05 bits per heavy atom. The minimum atomic E-state index is -0.309. The summed E-state index contributed by atoms with van der Waals surface area (Å²) in [6.07, 6.45) is 2.35. The van der Waals surface area contributed by atoms with E-state index in [1.165, 1.54) is 25.0 Å². The summed E-state index contributed by atoms with van der Waals surface area (Å²) >= 11 is 0. The number of nitrogens with zero attached hydrogens (tertiary/aromatic N) is 1. The summed E-state index contributed by atoms with van der Waals surface area (Å²) in [6.45, 7) is 2.71. The minimum absolute atomic E-state index is 0.0677. The van der Waals surface area contributed by atoms with Crippen molar-refractivity contribution in [3.63, 3.8) is 0 Å². The lowest BCUT2D eigenvalue weighted by atomic mass is 9.90. The molecule has 2 nitrogen and oxygen atoms in total. The molecule has 1 atom stereocenters. The van der Waals surface area contributed by atoms with Crippen LogP contribution in [0.3, 0.4) is 0 Å². The monoisotopic (exact) mass is 297 g/mol. The topological polar surface area (TPSA) is 20.3 Å². The molecule has 0 aromatic heterocycles. The van der Waals surface area contributed by atoms with Crippen LogP contribution in [0.15, 0.2) is 54.6 Å². The fourth-order valence-electron chi connectivity index (χ4n) is 3.09. The molecule has 114 valence electrons. The zero-order valence-electron chi connectivity index (χ0n) is 12.5. The lowest BCUT2D eigenvalue weighted by Crippen LogP contribution is -2.30. The van der Waals surface area contributed by atoms with Gasteiger partial charge in [0.15, 0.2) is 5.78 Å². The first-order valence-corrected chi connectivity index (χ1v) is 7.81. The minimum Gasteiger partial charge on any atom is -0.302 e. The number of likely N-dealkylation sites (tertiary alicyclic amines) is 1. The number of carbonyl (C=O) groups excluding carboxylic acids is 1. The molecule has 0 bridgehead atoms. The molecular weight excluding hydrogens is 277 g/mol. The van der Waals surface area contributed by atoms with E-state index in [1.807, 2.05) is 36.4 Å². The first-order chi connectivity index (χ1) is 10.7. The van der Waals surface area contributed by atoms with Gasteiger partial charge in [0.2, 0.25) is 0 Å². The van der Waals surface area contributed by atoms with E-state index in [9.17, 15) is 9.18 Å². The van der Waals surface area contributed by atoms with Gasteiger partial charge in [-0.1, -0.05) is 42.5 Å². The zero-order valence-corrected chi connectivity index (χ0v) is 12.5. The molecule has 0 spiro atoms. The SMILES string of the molecule is O=C(c1ccccc1)[C@H](CN1CCCC1)c1cccc(F)c1. The number of Topliss-reactive ketones (excluding diaryl/α,β-unsaturated/α-hetero) is 1. The van der Waals surface area contributed by atoms with Crippen molar-refractivity contribution in [1.29, 1.82) is 0 Å². The second-order valence-electron chi connectivity index (χ2n) is 5.85. The van der Waals surface area contributed by atoms with Gasteiger partial charge < -0.3 is 4.90 Å². The van der Waals surface area contributed by atoms with Crippen molar-refractivity contribution in [2.75, 3.05) is 19.6 Å². The summed E-state index contributed by atoms with van der Waals surface area (Å²) in [5.41, 5.74) is 1.46. The van der Waals surface area contributed by atoms with Crippen LogP contribution in [0.1, 0.15) is 34.7 Å². The molecule has 0 unspecified atom stereocenters. The molecule has 1 saturated heterocycles. The maximum Gasteiger partial charge on any atom is 0.171 e. The van der Waals surface area contributed by atoms with Crippen molar-refractivity contribution in [2.45, 2.75) is 18.8 Å². The van der Waals surface area contributed by atoms with Crippen LogP contribution in [-0.2, 0) is 0 Å². The average Bonchev–Trinajstić information content (AvgIpc) is 3.06. The predicted octanol–water partition coefficient (Wildman–Crippen LogP) is 3.89. The van der Waals surface area contributed by atoms with E-state index in [-0.39, 0.29) is 17.5 Å². The molecule has 0 radical (unpaired) electrons. The van der Waals surface area contributed by atoms with Gasteiger partial charge in [-0.15, -0.1) is 0 Å². The molecule has 2 aromatic rings. The molecule has 2 aromatic carbocycles. The van der Waals surface area contributed by atoms with Gasteiger partial charge in [0.05, 0.1) is 5.92 Å². The first kappa shape index (κ1) is 14.9. The van der Waals surface area contributed by atoms with Crippen LogP contribution in [-0.4, -0.2) is 30.3 Å². The third kappa shape index (κ3) is 3.42. The average molecular weight is 297 g/mol. The third-order valence-electron chi connectivity index (χ3n) is 4.27. The third-order valence-corrected chi connectivity index (χ3v) is 4.27. The van der Waals surface area contributed by atoms with Crippen molar-refractivity contribution in [1.82, 2.24) is 4.90 Å². The van der Waals surface area contributed by atoms with Gasteiger partial charge in [-0.05, 0) is 43.6 Å². The fraction of sp³-hybridized carbons (Fsp3) is 0.316. The molecule has 3 rings (SSSR count). The molecule has 1 aliphatic rings. The quantitative estimate of drug-likeness (QED) is 0.780. The maximum atomic E-state index is 13.6. The molecule has 1 fully saturated rings. The Hall–Kier alpha value is -2.00. The Morgan fingerprint density at radius 3 is 2.45 bits per heavy atom. The number of ketones is 1. The van der Waals surface area contributed by atoms with E-state index in [4.69, 9.17) is 0 Å². The van der Waals surface area contributed by atoms with Crippen LogP contribution in [0.2, 0.25) is 0 Å². The molecule has 1 aliphatic heterocycles. The van der Waals surface area contributed by atoms with Crippen molar-refractivity contribution >= 4 is 5.78 Å². The molecule has 0 aliphatic carbocycles. The van der Waals surface area contributed by atoms with Gasteiger partial charge in [0.25, 0.3) is 0 Å². The highest BCUT2D eigenvalue weighted by atomic mass is 19.1. The summed E-state index contributed by atoms with van der Waals surface area (Å²) < 4.78 is 13.6. The van der Waals surface area contributed by atoms with Crippen molar-refractivity contribution in [2.24, 2.45) is 0 Å². The van der Waals surface area contributed by atoms with E-state index in [1.54, 1.807) is 6.07 Å². The molecule has 1 heterocycles. The normalized spacial score (nSPS) is 16.6. The Labute approximate surface area is 130 Å². The maximum absolute atomic E-state index is 13.6. The van der Waals surface area contributed by atoms with Gasteiger partial charge in [0, 0.05) is 12.1 Å². The summed E-state index contributed by atoms with van der Waals surface area (Å²) in [4.78, 5) is 15.2. The van der Waals surface area contributed by atoms with Gasteiger partial charge >= 0.3 is 0 Å². The summed E-state index contributed by atoms with van der Waals surface area (Å²) in [5, 5.41) is 0. The van der Waals surface area contributed by atoms with Crippen LogP contribution in [0.25, 0.3) is 0 Å². The second-order valence-corrected chi connectivity index (χ2v) is 5.85. The van der Waals surface area contributed by atoms with Crippen LogP contribution < -0.4 is 0 Å². The van der Waals surface area contributed by atoms with Gasteiger partial charge in [0.1, 0.15) is 5.82 Å². The Bertz CT molecular complexity index is 635. The fourth-order valence-corrected chi connectivity index (χ4v) is 3.09. The van der Waals surface area contributed by atoms with E-state index < -0.39 is 0 Å². The van der Waals surface area contributed by atoms with Crippen LogP contribution in [0, 0.1) is 5.82 Å². The number of carbonyl (C=O) groups is 1. The highest BCUT2D eigenvalue weighted by Gasteiger charge is 2.26. The number of hydrogen-bond acceptors (Lipinski definition) is 2.